The Kier molecular flexibility index (Phi) is 5.79. The van der Waals surface area contributed by atoms with Gasteiger partial charge in [0.2, 0.25) is 5.91 Å². The van der Waals surface area contributed by atoms with Gasteiger partial charge < -0.3 is 15.4 Å². The number of halogens is 2. The number of primary amides is 1. The first-order valence-corrected chi connectivity index (χ1v) is 10.3. The average molecular weight is 430 g/mol. The molecule has 5 nitrogen and oxygen atoms in total. The third-order valence-electron chi connectivity index (χ3n) is 5.29. The zero-order chi connectivity index (χ0) is 20.4. The van der Waals surface area contributed by atoms with Gasteiger partial charge in [-0.3, -0.25) is 4.79 Å². The first-order chi connectivity index (χ1) is 14.0. The topological polar surface area (TPSA) is 68.5 Å². The van der Waals surface area contributed by atoms with Gasteiger partial charge in [0, 0.05) is 40.0 Å². The lowest BCUT2D eigenvalue weighted by atomic mass is 9.96. The number of para-hydroxylation sites is 1. The summed E-state index contributed by atoms with van der Waals surface area (Å²) >= 11 is 12.2. The van der Waals surface area contributed by atoms with Crippen LogP contribution < -0.4 is 15.4 Å². The van der Waals surface area contributed by atoms with Gasteiger partial charge in [0.25, 0.3) is 0 Å². The van der Waals surface area contributed by atoms with Crippen LogP contribution >= 0.6 is 23.2 Å². The van der Waals surface area contributed by atoms with E-state index in [4.69, 9.17) is 38.7 Å². The number of aromatic nitrogens is 1. The SMILES string of the molecule is NC(=O)C1CCN(c2ccc3cccc(OCc4ccc(Cl)cc4Cl)c3n2)CC1. The Morgan fingerprint density at radius 2 is 1.93 bits per heavy atom. The summed E-state index contributed by atoms with van der Waals surface area (Å²) in [7, 11) is 0. The van der Waals surface area contributed by atoms with Crippen LogP contribution in [0.15, 0.2) is 48.5 Å². The summed E-state index contributed by atoms with van der Waals surface area (Å²) in [6, 6.07) is 15.3. The second kappa shape index (κ2) is 8.47. The summed E-state index contributed by atoms with van der Waals surface area (Å²) in [5.41, 5.74) is 7.10. The molecule has 2 heterocycles. The van der Waals surface area contributed by atoms with Crippen molar-refractivity contribution in [3.05, 3.63) is 64.1 Å². The van der Waals surface area contributed by atoms with Crippen LogP contribution in [0.2, 0.25) is 10.0 Å². The highest BCUT2D eigenvalue weighted by Crippen LogP contribution is 2.30. The number of hydrogen-bond donors (Lipinski definition) is 1. The molecule has 1 aliphatic rings. The van der Waals surface area contributed by atoms with Crippen molar-refractivity contribution in [1.82, 2.24) is 4.98 Å². The second-order valence-corrected chi connectivity index (χ2v) is 8.03. The quantitative estimate of drug-likeness (QED) is 0.630. The molecule has 0 aliphatic carbocycles. The van der Waals surface area contributed by atoms with E-state index in [0.29, 0.717) is 22.4 Å². The number of rotatable bonds is 5. The van der Waals surface area contributed by atoms with Crippen molar-refractivity contribution in [3.8, 4) is 5.75 Å². The zero-order valence-electron chi connectivity index (χ0n) is 15.8. The third-order valence-corrected chi connectivity index (χ3v) is 5.88. The third kappa shape index (κ3) is 4.41. The Morgan fingerprint density at radius 3 is 2.66 bits per heavy atom. The van der Waals surface area contributed by atoms with E-state index >= 15 is 0 Å². The predicted octanol–water partition coefficient (Wildman–Crippen LogP) is 4.82. The van der Waals surface area contributed by atoms with Crippen molar-refractivity contribution in [1.29, 1.82) is 0 Å². The molecule has 150 valence electrons. The van der Waals surface area contributed by atoms with Gasteiger partial charge in [-0.25, -0.2) is 4.98 Å². The fourth-order valence-electron chi connectivity index (χ4n) is 3.59. The minimum Gasteiger partial charge on any atom is -0.487 e. The number of amides is 1. The number of anilines is 1. The maximum Gasteiger partial charge on any atom is 0.220 e. The lowest BCUT2D eigenvalue weighted by Crippen LogP contribution is -2.38. The van der Waals surface area contributed by atoms with E-state index in [0.717, 1.165) is 48.2 Å². The number of benzene rings is 2. The maximum atomic E-state index is 11.4. The molecule has 1 amide bonds. The number of ether oxygens (including phenoxy) is 1. The highest BCUT2D eigenvalue weighted by Gasteiger charge is 2.24. The summed E-state index contributed by atoms with van der Waals surface area (Å²) in [6.45, 7) is 1.84. The molecule has 0 unspecified atom stereocenters. The van der Waals surface area contributed by atoms with E-state index in [1.165, 1.54) is 0 Å². The lowest BCUT2D eigenvalue weighted by Gasteiger charge is -2.31. The molecule has 1 aromatic heterocycles. The highest BCUT2D eigenvalue weighted by atomic mass is 35.5. The van der Waals surface area contributed by atoms with Gasteiger partial charge in [0.1, 0.15) is 23.7 Å². The van der Waals surface area contributed by atoms with Crippen LogP contribution in [0.5, 0.6) is 5.75 Å². The first-order valence-electron chi connectivity index (χ1n) is 9.52. The molecule has 1 fully saturated rings. The van der Waals surface area contributed by atoms with Crippen LogP contribution in [0.3, 0.4) is 0 Å². The minimum atomic E-state index is -0.215. The standard InChI is InChI=1S/C22H21Cl2N3O2/c23-17-6-4-16(18(24)12-17)13-29-19-3-1-2-14-5-7-20(26-21(14)19)27-10-8-15(9-11-27)22(25)28/h1-7,12,15H,8-11,13H2,(H2,25,28). The molecule has 0 radical (unpaired) electrons. The summed E-state index contributed by atoms with van der Waals surface area (Å²) < 4.78 is 6.05. The lowest BCUT2D eigenvalue weighted by molar-refractivity contribution is -0.122. The van der Waals surface area contributed by atoms with Crippen molar-refractivity contribution in [2.24, 2.45) is 11.7 Å². The number of carbonyl (C=O) groups is 1. The van der Waals surface area contributed by atoms with Crippen LogP contribution in [0.1, 0.15) is 18.4 Å². The molecule has 2 aromatic carbocycles. The van der Waals surface area contributed by atoms with Gasteiger partial charge >= 0.3 is 0 Å². The van der Waals surface area contributed by atoms with Gasteiger partial charge in [0.05, 0.1) is 0 Å². The number of fused-ring (bicyclic) bond motifs is 1. The summed E-state index contributed by atoms with van der Waals surface area (Å²) in [4.78, 5) is 18.4. The van der Waals surface area contributed by atoms with E-state index < -0.39 is 0 Å². The molecule has 1 saturated heterocycles. The Morgan fingerprint density at radius 1 is 1.14 bits per heavy atom. The largest absolute Gasteiger partial charge is 0.487 e. The van der Waals surface area contributed by atoms with E-state index in [-0.39, 0.29) is 11.8 Å². The maximum absolute atomic E-state index is 11.4. The second-order valence-electron chi connectivity index (χ2n) is 7.19. The van der Waals surface area contributed by atoms with Crippen LogP contribution in [0, 0.1) is 5.92 Å². The number of carbonyl (C=O) groups excluding carboxylic acids is 1. The molecule has 0 atom stereocenters. The van der Waals surface area contributed by atoms with Crippen molar-refractivity contribution in [2.75, 3.05) is 18.0 Å². The molecule has 3 aromatic rings. The van der Waals surface area contributed by atoms with Crippen LogP contribution in [0.4, 0.5) is 5.82 Å². The van der Waals surface area contributed by atoms with Crippen LogP contribution in [-0.4, -0.2) is 24.0 Å². The Labute approximate surface area is 179 Å². The van der Waals surface area contributed by atoms with Crippen LogP contribution in [0.25, 0.3) is 10.9 Å². The summed E-state index contributed by atoms with van der Waals surface area (Å²) in [6.07, 6.45) is 1.50. The van der Waals surface area contributed by atoms with E-state index in [9.17, 15) is 4.79 Å². The normalized spacial score (nSPS) is 14.9. The van der Waals surface area contributed by atoms with Crippen molar-refractivity contribution >= 4 is 45.8 Å². The number of hydrogen-bond acceptors (Lipinski definition) is 4. The number of nitrogens with two attached hydrogens (primary N) is 1. The molecule has 7 heteroatoms. The number of piperidine rings is 1. The molecule has 1 aliphatic heterocycles. The van der Waals surface area contributed by atoms with Gasteiger partial charge in [-0.1, -0.05) is 41.4 Å². The van der Waals surface area contributed by atoms with Gasteiger partial charge in [-0.2, -0.15) is 0 Å². The van der Waals surface area contributed by atoms with E-state index in [2.05, 4.69) is 4.90 Å². The molecule has 29 heavy (non-hydrogen) atoms. The Bertz CT molecular complexity index is 1050. The highest BCUT2D eigenvalue weighted by molar-refractivity contribution is 6.35. The smallest absolute Gasteiger partial charge is 0.220 e. The summed E-state index contributed by atoms with van der Waals surface area (Å²) in [5, 5.41) is 2.17. The van der Waals surface area contributed by atoms with Gasteiger partial charge in [0.15, 0.2) is 0 Å². The van der Waals surface area contributed by atoms with Gasteiger partial charge in [-0.05, 0) is 43.2 Å². The monoisotopic (exact) mass is 429 g/mol. The molecule has 2 N–H and O–H groups in total. The fraction of sp³-hybridized carbons (Fsp3) is 0.273. The molecular weight excluding hydrogens is 409 g/mol. The van der Waals surface area contributed by atoms with Crippen molar-refractivity contribution in [3.63, 3.8) is 0 Å². The van der Waals surface area contributed by atoms with Crippen LogP contribution in [-0.2, 0) is 11.4 Å². The zero-order valence-corrected chi connectivity index (χ0v) is 17.3. The van der Waals surface area contributed by atoms with E-state index in [1.807, 2.05) is 36.4 Å². The van der Waals surface area contributed by atoms with Crippen molar-refractivity contribution < 1.29 is 9.53 Å². The Balaban J connectivity index is 1.55. The minimum absolute atomic E-state index is 0.0466. The number of pyridine rings is 1. The summed E-state index contributed by atoms with van der Waals surface area (Å²) in [5.74, 6) is 1.31. The molecule has 0 spiro atoms. The van der Waals surface area contributed by atoms with Crippen molar-refractivity contribution in [2.45, 2.75) is 19.4 Å². The average Bonchev–Trinajstić information content (AvgIpc) is 2.73. The fourth-order valence-corrected chi connectivity index (χ4v) is 4.05. The molecule has 0 saturated carbocycles. The first kappa shape index (κ1) is 19.8. The van der Waals surface area contributed by atoms with Gasteiger partial charge in [-0.15, -0.1) is 0 Å². The van der Waals surface area contributed by atoms with E-state index in [1.54, 1.807) is 12.1 Å². The Hall–Kier alpha value is -2.50. The molecular formula is C22H21Cl2N3O2. The molecule has 4 rings (SSSR count). The number of nitrogens with zero attached hydrogens (tertiary/aromatic N) is 2. The predicted molar refractivity (Wildman–Crippen MR) is 117 cm³/mol. The molecule has 0 bridgehead atoms.